The molecule has 0 radical (unpaired) electrons. The molecule has 0 unspecified atom stereocenters. The van der Waals surface area contributed by atoms with Gasteiger partial charge in [0.15, 0.2) is 0 Å². The number of methoxy groups -OCH3 is 1. The lowest BCUT2D eigenvalue weighted by atomic mass is 9.95. The molecule has 1 N–H and O–H groups in total. The highest BCUT2D eigenvalue weighted by molar-refractivity contribution is 5.84. The molecular weight excluding hydrogens is 328 g/mol. The number of ether oxygens (including phenoxy) is 1. The largest absolute Gasteiger partial charge is 0.496 e. The molecule has 5 nitrogen and oxygen atoms in total. The van der Waals surface area contributed by atoms with Crippen molar-refractivity contribution in [1.82, 2.24) is 10.2 Å². The third kappa shape index (κ3) is 4.77. The highest BCUT2D eigenvalue weighted by Gasteiger charge is 2.31. The molecule has 0 spiro atoms. The van der Waals surface area contributed by atoms with Crippen LogP contribution in [0.15, 0.2) is 24.3 Å². The van der Waals surface area contributed by atoms with Crippen molar-refractivity contribution in [3.63, 3.8) is 0 Å². The Balaban J connectivity index is 1.60. The number of hydrogen-bond donors (Lipinski definition) is 1. The molecule has 26 heavy (non-hydrogen) atoms. The summed E-state index contributed by atoms with van der Waals surface area (Å²) in [6.45, 7) is 0.992. The Bertz CT molecular complexity index is 623. The average Bonchev–Trinajstić information content (AvgIpc) is 2.92. The molecule has 1 aliphatic heterocycles. The molecule has 0 aromatic heterocycles. The van der Waals surface area contributed by atoms with E-state index in [2.05, 4.69) is 5.32 Å². The van der Waals surface area contributed by atoms with Gasteiger partial charge in [-0.15, -0.1) is 0 Å². The lowest BCUT2D eigenvalue weighted by Gasteiger charge is -2.33. The van der Waals surface area contributed by atoms with E-state index in [9.17, 15) is 9.59 Å². The minimum Gasteiger partial charge on any atom is -0.496 e. The number of para-hydroxylation sites is 1. The van der Waals surface area contributed by atoms with Crippen molar-refractivity contribution in [1.29, 1.82) is 0 Å². The second-order valence-corrected chi connectivity index (χ2v) is 7.52. The predicted octanol–water partition coefficient (Wildman–Crippen LogP) is 3.27. The monoisotopic (exact) mass is 358 g/mol. The maximum absolute atomic E-state index is 12.7. The first-order valence-electron chi connectivity index (χ1n) is 9.87. The van der Waals surface area contributed by atoms with Crippen molar-refractivity contribution in [2.75, 3.05) is 13.7 Å². The van der Waals surface area contributed by atoms with Gasteiger partial charge in [0.05, 0.1) is 13.0 Å². The molecule has 1 saturated carbocycles. The molecule has 2 aliphatic rings. The normalized spacial score (nSPS) is 22.0. The van der Waals surface area contributed by atoms with Crippen LogP contribution in [0.1, 0.15) is 56.9 Å². The molecule has 1 aliphatic carbocycles. The van der Waals surface area contributed by atoms with E-state index in [4.69, 9.17) is 4.74 Å². The summed E-state index contributed by atoms with van der Waals surface area (Å²) in [7, 11) is 1.64. The summed E-state index contributed by atoms with van der Waals surface area (Å²) in [4.78, 5) is 26.9. The third-order valence-corrected chi connectivity index (χ3v) is 5.63. The van der Waals surface area contributed by atoms with E-state index in [-0.39, 0.29) is 17.7 Å². The molecule has 5 heteroatoms. The fourth-order valence-electron chi connectivity index (χ4n) is 4.06. The van der Waals surface area contributed by atoms with E-state index in [0.29, 0.717) is 32.0 Å². The fourth-order valence-corrected chi connectivity index (χ4v) is 4.06. The summed E-state index contributed by atoms with van der Waals surface area (Å²) in [6, 6.07) is 8.05. The van der Waals surface area contributed by atoms with Crippen LogP contribution in [0.4, 0.5) is 0 Å². The summed E-state index contributed by atoms with van der Waals surface area (Å²) < 4.78 is 5.39. The molecule has 0 bridgehead atoms. The van der Waals surface area contributed by atoms with Crippen LogP contribution in [0, 0.1) is 5.92 Å². The Morgan fingerprint density at radius 2 is 1.88 bits per heavy atom. The summed E-state index contributed by atoms with van der Waals surface area (Å²) in [5.41, 5.74) is 0.980. The number of likely N-dealkylation sites (tertiary alicyclic amines) is 1. The Labute approximate surface area is 156 Å². The quantitative estimate of drug-likeness (QED) is 0.822. The SMILES string of the molecule is COc1ccccc1CN1C[C@H](C(=O)NC2CCCCCC2)CCC1=O. The van der Waals surface area contributed by atoms with Gasteiger partial charge < -0.3 is 15.0 Å². The van der Waals surface area contributed by atoms with Gasteiger partial charge in [0, 0.05) is 31.1 Å². The number of amides is 2. The van der Waals surface area contributed by atoms with E-state index >= 15 is 0 Å². The number of carbonyl (C=O) groups is 2. The molecular formula is C21H30N2O3. The van der Waals surface area contributed by atoms with E-state index in [1.165, 1.54) is 25.7 Å². The number of carbonyl (C=O) groups excluding carboxylic acids is 2. The predicted molar refractivity (Wildman–Crippen MR) is 101 cm³/mol. The van der Waals surface area contributed by atoms with E-state index < -0.39 is 0 Å². The number of nitrogens with one attached hydrogen (secondary N) is 1. The fraction of sp³-hybridized carbons (Fsp3) is 0.619. The minimum absolute atomic E-state index is 0.106. The van der Waals surface area contributed by atoms with Crippen LogP contribution in [0.25, 0.3) is 0 Å². The zero-order chi connectivity index (χ0) is 18.4. The summed E-state index contributed by atoms with van der Waals surface area (Å²) in [5, 5.41) is 3.25. The van der Waals surface area contributed by atoms with Gasteiger partial charge >= 0.3 is 0 Å². The number of hydrogen-bond acceptors (Lipinski definition) is 3. The number of rotatable bonds is 5. The summed E-state index contributed by atoms with van der Waals surface area (Å²) in [6.07, 6.45) is 8.22. The lowest BCUT2D eigenvalue weighted by molar-refractivity contribution is -0.139. The molecule has 1 saturated heterocycles. The van der Waals surface area contributed by atoms with Gasteiger partial charge in [-0.1, -0.05) is 43.9 Å². The van der Waals surface area contributed by atoms with Gasteiger partial charge in [0.25, 0.3) is 0 Å². The van der Waals surface area contributed by atoms with Crippen LogP contribution in [0.2, 0.25) is 0 Å². The van der Waals surface area contributed by atoms with Crippen molar-refractivity contribution in [2.45, 2.75) is 64.0 Å². The molecule has 2 amide bonds. The zero-order valence-electron chi connectivity index (χ0n) is 15.7. The Morgan fingerprint density at radius 1 is 1.15 bits per heavy atom. The first-order valence-corrected chi connectivity index (χ1v) is 9.87. The van der Waals surface area contributed by atoms with E-state index in [0.717, 1.165) is 24.2 Å². The minimum atomic E-state index is -0.106. The maximum Gasteiger partial charge on any atom is 0.225 e. The van der Waals surface area contributed by atoms with Crippen LogP contribution in [0.3, 0.4) is 0 Å². The number of nitrogens with zero attached hydrogens (tertiary/aromatic N) is 1. The molecule has 3 rings (SSSR count). The highest BCUT2D eigenvalue weighted by atomic mass is 16.5. The van der Waals surface area contributed by atoms with Gasteiger partial charge in [0.2, 0.25) is 11.8 Å². The Kier molecular flexibility index (Phi) is 6.53. The molecule has 142 valence electrons. The van der Waals surface area contributed by atoms with E-state index in [1.54, 1.807) is 12.0 Å². The second kappa shape index (κ2) is 9.06. The van der Waals surface area contributed by atoms with Crippen LogP contribution >= 0.6 is 0 Å². The topological polar surface area (TPSA) is 58.6 Å². The van der Waals surface area contributed by atoms with Crippen LogP contribution in [-0.2, 0) is 16.1 Å². The number of piperidine rings is 1. The molecule has 1 aromatic carbocycles. The van der Waals surface area contributed by atoms with E-state index in [1.807, 2.05) is 24.3 Å². The Hall–Kier alpha value is -2.04. The maximum atomic E-state index is 12.7. The zero-order valence-corrected chi connectivity index (χ0v) is 15.7. The lowest BCUT2D eigenvalue weighted by Crippen LogP contribution is -2.47. The van der Waals surface area contributed by atoms with Crippen molar-refractivity contribution in [3.8, 4) is 5.75 Å². The van der Waals surface area contributed by atoms with Crippen molar-refractivity contribution >= 4 is 11.8 Å². The van der Waals surface area contributed by atoms with Crippen LogP contribution in [0.5, 0.6) is 5.75 Å². The summed E-state index contributed by atoms with van der Waals surface area (Å²) in [5.74, 6) is 0.917. The van der Waals surface area contributed by atoms with Gasteiger partial charge in [-0.25, -0.2) is 0 Å². The second-order valence-electron chi connectivity index (χ2n) is 7.52. The van der Waals surface area contributed by atoms with Crippen molar-refractivity contribution in [2.24, 2.45) is 5.92 Å². The van der Waals surface area contributed by atoms with Gasteiger partial charge in [-0.3, -0.25) is 9.59 Å². The summed E-state index contributed by atoms with van der Waals surface area (Å²) >= 11 is 0. The first kappa shape index (κ1) is 18.7. The molecule has 1 atom stereocenters. The van der Waals surface area contributed by atoms with Crippen LogP contribution in [-0.4, -0.2) is 36.4 Å². The number of benzene rings is 1. The van der Waals surface area contributed by atoms with Crippen molar-refractivity contribution < 1.29 is 14.3 Å². The highest BCUT2D eigenvalue weighted by Crippen LogP contribution is 2.25. The molecule has 2 fully saturated rings. The first-order chi connectivity index (χ1) is 12.7. The third-order valence-electron chi connectivity index (χ3n) is 5.63. The molecule has 1 heterocycles. The van der Waals surface area contributed by atoms with Crippen molar-refractivity contribution in [3.05, 3.63) is 29.8 Å². The van der Waals surface area contributed by atoms with Crippen LogP contribution < -0.4 is 10.1 Å². The average molecular weight is 358 g/mol. The van der Waals surface area contributed by atoms with Gasteiger partial charge in [-0.2, -0.15) is 0 Å². The smallest absolute Gasteiger partial charge is 0.225 e. The Morgan fingerprint density at radius 3 is 2.62 bits per heavy atom. The van der Waals surface area contributed by atoms with Gasteiger partial charge in [-0.05, 0) is 25.3 Å². The standard InChI is InChI=1S/C21H30N2O3/c1-26-19-11-7-6-8-16(19)14-23-15-17(12-13-20(23)24)21(25)22-18-9-4-2-3-5-10-18/h6-8,11,17-18H,2-5,9-10,12-15H2,1H3,(H,22,25)/t17-/m1/s1. The molecule has 1 aromatic rings. The van der Waals surface area contributed by atoms with Gasteiger partial charge in [0.1, 0.15) is 5.75 Å².